The molecule has 140 valence electrons. The third-order valence-corrected chi connectivity index (χ3v) is 4.51. The Morgan fingerprint density at radius 2 is 1.85 bits per heavy atom. The van der Waals surface area contributed by atoms with E-state index >= 15 is 0 Å². The van der Waals surface area contributed by atoms with Crippen LogP contribution in [-0.2, 0) is 16.0 Å². The zero-order chi connectivity index (χ0) is 19.2. The molecule has 0 saturated carbocycles. The van der Waals surface area contributed by atoms with Gasteiger partial charge in [-0.1, -0.05) is 18.2 Å². The van der Waals surface area contributed by atoms with Gasteiger partial charge in [0, 0.05) is 41.9 Å². The quantitative estimate of drug-likeness (QED) is 0.683. The first kappa shape index (κ1) is 18.5. The smallest absolute Gasteiger partial charge is 0.413 e. The van der Waals surface area contributed by atoms with Crippen molar-refractivity contribution in [3.8, 4) is 0 Å². The normalized spacial score (nSPS) is 10.6. The molecule has 2 N–H and O–H groups in total. The molecular formula is C21H23N3O3. The summed E-state index contributed by atoms with van der Waals surface area (Å²) in [5.74, 6) is -0.0242. The molecule has 3 aromatic rings. The lowest BCUT2D eigenvalue weighted by Gasteiger charge is -2.16. The first-order valence-corrected chi connectivity index (χ1v) is 8.85. The van der Waals surface area contributed by atoms with Crippen LogP contribution in [0.15, 0.2) is 54.7 Å². The number of hydrogen-bond donors (Lipinski definition) is 2. The van der Waals surface area contributed by atoms with Gasteiger partial charge < -0.3 is 15.0 Å². The standard InChI is InChI=1S/C21H23N3O3/c1-24(21(26)27-2)17-12-10-16(11-13-17)23-20(25)9-5-6-15-14-22-19-8-4-3-7-18(15)19/h3-4,7-8,10-14,22H,5-6,9H2,1-2H3,(H,23,25). The largest absolute Gasteiger partial charge is 0.452 e. The molecule has 2 aromatic carbocycles. The highest BCUT2D eigenvalue weighted by Gasteiger charge is 2.11. The van der Waals surface area contributed by atoms with E-state index in [0.29, 0.717) is 17.8 Å². The van der Waals surface area contributed by atoms with E-state index < -0.39 is 6.09 Å². The number of methoxy groups -OCH3 is 1. The number of carbonyl (C=O) groups is 2. The number of carbonyl (C=O) groups excluding carboxylic acids is 2. The minimum Gasteiger partial charge on any atom is -0.452 e. The van der Waals surface area contributed by atoms with Crippen LogP contribution in [0.3, 0.4) is 0 Å². The van der Waals surface area contributed by atoms with Gasteiger partial charge in [0.15, 0.2) is 0 Å². The first-order valence-electron chi connectivity index (χ1n) is 8.85. The highest BCUT2D eigenvalue weighted by atomic mass is 16.5. The average Bonchev–Trinajstić information content (AvgIpc) is 3.10. The van der Waals surface area contributed by atoms with Crippen LogP contribution in [-0.4, -0.2) is 31.1 Å². The molecular weight excluding hydrogens is 342 g/mol. The van der Waals surface area contributed by atoms with Crippen LogP contribution in [0.25, 0.3) is 10.9 Å². The number of nitrogens with one attached hydrogen (secondary N) is 2. The maximum absolute atomic E-state index is 12.2. The molecule has 1 heterocycles. The summed E-state index contributed by atoms with van der Waals surface area (Å²) in [5, 5.41) is 4.10. The number of hydrogen-bond acceptors (Lipinski definition) is 3. The highest BCUT2D eigenvalue weighted by Crippen LogP contribution is 2.20. The van der Waals surface area contributed by atoms with E-state index in [-0.39, 0.29) is 5.91 Å². The topological polar surface area (TPSA) is 74.4 Å². The number of aromatic nitrogens is 1. The van der Waals surface area contributed by atoms with E-state index in [2.05, 4.69) is 21.1 Å². The number of anilines is 2. The summed E-state index contributed by atoms with van der Waals surface area (Å²) in [6.45, 7) is 0. The molecule has 6 heteroatoms. The van der Waals surface area contributed by atoms with Gasteiger partial charge in [0.1, 0.15) is 0 Å². The van der Waals surface area contributed by atoms with Crippen molar-refractivity contribution in [3.05, 3.63) is 60.3 Å². The van der Waals surface area contributed by atoms with Crippen molar-refractivity contribution in [1.29, 1.82) is 0 Å². The molecule has 0 spiro atoms. The number of rotatable bonds is 6. The number of aryl methyl sites for hydroxylation is 1. The fourth-order valence-electron chi connectivity index (χ4n) is 3.01. The van der Waals surface area contributed by atoms with Crippen LogP contribution in [0.1, 0.15) is 18.4 Å². The zero-order valence-electron chi connectivity index (χ0n) is 15.5. The summed E-state index contributed by atoms with van der Waals surface area (Å²) >= 11 is 0. The Hall–Kier alpha value is -3.28. The summed E-state index contributed by atoms with van der Waals surface area (Å²) in [7, 11) is 2.97. The van der Waals surface area contributed by atoms with Crippen molar-refractivity contribution in [1.82, 2.24) is 4.98 Å². The molecule has 0 aliphatic carbocycles. The summed E-state index contributed by atoms with van der Waals surface area (Å²) in [4.78, 5) is 28.3. The molecule has 0 bridgehead atoms. The Morgan fingerprint density at radius 3 is 2.59 bits per heavy atom. The molecule has 0 saturated heterocycles. The van der Waals surface area contributed by atoms with Crippen molar-refractivity contribution < 1.29 is 14.3 Å². The molecule has 0 unspecified atom stereocenters. The fourth-order valence-corrected chi connectivity index (χ4v) is 3.01. The molecule has 0 radical (unpaired) electrons. The second-order valence-electron chi connectivity index (χ2n) is 6.34. The van der Waals surface area contributed by atoms with Crippen LogP contribution in [0.5, 0.6) is 0 Å². The SMILES string of the molecule is COC(=O)N(C)c1ccc(NC(=O)CCCc2c[nH]c3ccccc23)cc1. The lowest BCUT2D eigenvalue weighted by Crippen LogP contribution is -2.25. The van der Waals surface area contributed by atoms with E-state index in [1.54, 1.807) is 31.3 Å². The molecule has 0 fully saturated rings. The summed E-state index contributed by atoms with van der Waals surface area (Å²) < 4.78 is 4.68. The van der Waals surface area contributed by atoms with Crippen molar-refractivity contribution in [2.45, 2.75) is 19.3 Å². The Bertz CT molecular complexity index is 931. The Balaban J connectivity index is 1.50. The van der Waals surface area contributed by atoms with E-state index in [0.717, 1.165) is 18.4 Å². The first-order chi connectivity index (χ1) is 13.1. The zero-order valence-corrected chi connectivity index (χ0v) is 15.5. The maximum Gasteiger partial charge on any atom is 0.413 e. The van der Waals surface area contributed by atoms with Gasteiger partial charge >= 0.3 is 6.09 Å². The average molecular weight is 365 g/mol. The molecule has 0 aliphatic rings. The summed E-state index contributed by atoms with van der Waals surface area (Å²) in [6, 6.07) is 15.2. The van der Waals surface area contributed by atoms with E-state index in [1.807, 2.05) is 24.4 Å². The van der Waals surface area contributed by atoms with Crippen LogP contribution >= 0.6 is 0 Å². The number of H-pyrrole nitrogens is 1. The molecule has 27 heavy (non-hydrogen) atoms. The minimum absolute atomic E-state index is 0.0242. The maximum atomic E-state index is 12.2. The number of amides is 2. The van der Waals surface area contributed by atoms with Gasteiger partial charge in [-0.3, -0.25) is 9.69 Å². The Kier molecular flexibility index (Phi) is 5.76. The molecule has 0 aliphatic heterocycles. The number of nitrogens with zero attached hydrogens (tertiary/aromatic N) is 1. The number of para-hydroxylation sites is 1. The number of benzene rings is 2. The van der Waals surface area contributed by atoms with Gasteiger partial charge in [0.2, 0.25) is 5.91 Å². The minimum atomic E-state index is -0.441. The second kappa shape index (κ2) is 8.40. The molecule has 0 atom stereocenters. The third kappa shape index (κ3) is 4.47. The second-order valence-corrected chi connectivity index (χ2v) is 6.34. The third-order valence-electron chi connectivity index (χ3n) is 4.51. The Morgan fingerprint density at radius 1 is 1.11 bits per heavy atom. The van der Waals surface area contributed by atoms with Gasteiger partial charge in [-0.15, -0.1) is 0 Å². The van der Waals surface area contributed by atoms with E-state index in [1.165, 1.54) is 23.0 Å². The van der Waals surface area contributed by atoms with Gasteiger partial charge in [-0.25, -0.2) is 4.79 Å². The van der Waals surface area contributed by atoms with Crippen molar-refractivity contribution in [3.63, 3.8) is 0 Å². The van der Waals surface area contributed by atoms with Gasteiger partial charge in [-0.05, 0) is 48.7 Å². The lowest BCUT2D eigenvalue weighted by molar-refractivity contribution is -0.116. The monoisotopic (exact) mass is 365 g/mol. The van der Waals surface area contributed by atoms with Crippen molar-refractivity contribution in [2.75, 3.05) is 24.4 Å². The van der Waals surface area contributed by atoms with Crippen molar-refractivity contribution in [2.24, 2.45) is 0 Å². The predicted octanol–water partition coefficient (Wildman–Crippen LogP) is 4.33. The lowest BCUT2D eigenvalue weighted by atomic mass is 10.1. The number of ether oxygens (including phenoxy) is 1. The van der Waals surface area contributed by atoms with Crippen LogP contribution < -0.4 is 10.2 Å². The summed E-state index contributed by atoms with van der Waals surface area (Å²) in [5.41, 5.74) is 3.75. The fraction of sp³-hybridized carbons (Fsp3) is 0.238. The van der Waals surface area contributed by atoms with Gasteiger partial charge in [-0.2, -0.15) is 0 Å². The van der Waals surface area contributed by atoms with E-state index in [4.69, 9.17) is 0 Å². The van der Waals surface area contributed by atoms with Crippen LogP contribution in [0.2, 0.25) is 0 Å². The Labute approximate surface area is 158 Å². The number of aromatic amines is 1. The van der Waals surface area contributed by atoms with Crippen molar-refractivity contribution >= 4 is 34.3 Å². The molecule has 1 aromatic heterocycles. The molecule has 6 nitrogen and oxygen atoms in total. The van der Waals surface area contributed by atoms with Gasteiger partial charge in [0.25, 0.3) is 0 Å². The predicted molar refractivity (Wildman–Crippen MR) is 107 cm³/mol. The summed E-state index contributed by atoms with van der Waals surface area (Å²) in [6.07, 6.45) is 3.64. The highest BCUT2D eigenvalue weighted by molar-refractivity contribution is 5.92. The molecule has 2 amide bonds. The van der Waals surface area contributed by atoms with Gasteiger partial charge in [0.05, 0.1) is 7.11 Å². The van der Waals surface area contributed by atoms with Crippen LogP contribution in [0, 0.1) is 0 Å². The molecule has 3 rings (SSSR count). The van der Waals surface area contributed by atoms with Crippen LogP contribution in [0.4, 0.5) is 16.2 Å². The van der Waals surface area contributed by atoms with E-state index in [9.17, 15) is 9.59 Å². The number of fused-ring (bicyclic) bond motifs is 1.